The van der Waals surface area contributed by atoms with E-state index in [2.05, 4.69) is 20.8 Å². The van der Waals surface area contributed by atoms with Crippen molar-refractivity contribution in [2.24, 2.45) is 23.0 Å². The summed E-state index contributed by atoms with van der Waals surface area (Å²) in [5.41, 5.74) is 7.51. The third-order valence-electron chi connectivity index (χ3n) is 5.59. The fourth-order valence-corrected chi connectivity index (χ4v) is 3.96. The molecular weight excluding hydrogens is 206 g/mol. The molecule has 0 aliphatic heterocycles. The zero-order valence-corrected chi connectivity index (χ0v) is 12.1. The summed E-state index contributed by atoms with van der Waals surface area (Å²) in [6, 6.07) is 0. The average molecular weight is 237 g/mol. The maximum Gasteiger partial charge on any atom is 0.0183 e. The lowest BCUT2D eigenvalue weighted by atomic mass is 9.69. The third-order valence-corrected chi connectivity index (χ3v) is 5.59. The van der Waals surface area contributed by atoms with Crippen LogP contribution in [0.2, 0.25) is 0 Å². The van der Waals surface area contributed by atoms with Crippen LogP contribution in [-0.2, 0) is 0 Å². The summed E-state index contributed by atoms with van der Waals surface area (Å²) in [5, 5.41) is 0. The zero-order valence-electron chi connectivity index (χ0n) is 12.1. The van der Waals surface area contributed by atoms with Crippen LogP contribution in [0.1, 0.15) is 78.6 Å². The Kier molecular flexibility index (Phi) is 3.87. The normalized spacial score (nSPS) is 43.1. The molecule has 17 heavy (non-hydrogen) atoms. The SMILES string of the molecule is CC1CCC(C2(N)CCCC(C)(C)CC2)CC1. The van der Waals surface area contributed by atoms with Crippen molar-refractivity contribution in [3.8, 4) is 0 Å². The maximum atomic E-state index is 6.80. The lowest BCUT2D eigenvalue weighted by Gasteiger charge is -2.41. The van der Waals surface area contributed by atoms with Gasteiger partial charge in [-0.25, -0.2) is 0 Å². The van der Waals surface area contributed by atoms with Crippen LogP contribution in [-0.4, -0.2) is 5.54 Å². The summed E-state index contributed by atoms with van der Waals surface area (Å²) in [7, 11) is 0. The summed E-state index contributed by atoms with van der Waals surface area (Å²) in [4.78, 5) is 0. The summed E-state index contributed by atoms with van der Waals surface area (Å²) in [5.74, 6) is 1.75. The second-order valence-electron chi connectivity index (χ2n) is 7.71. The van der Waals surface area contributed by atoms with E-state index in [-0.39, 0.29) is 5.54 Å². The zero-order chi connectivity index (χ0) is 12.5. The number of hydrogen-bond donors (Lipinski definition) is 1. The van der Waals surface area contributed by atoms with E-state index in [1.54, 1.807) is 0 Å². The van der Waals surface area contributed by atoms with E-state index in [9.17, 15) is 0 Å². The first-order chi connectivity index (χ1) is 7.91. The minimum absolute atomic E-state index is 0.175. The molecule has 1 unspecified atom stereocenters. The predicted octanol–water partition coefficient (Wildman–Crippen LogP) is 4.50. The molecule has 0 aromatic rings. The lowest BCUT2D eigenvalue weighted by Crippen LogP contribution is -2.48. The summed E-state index contributed by atoms with van der Waals surface area (Å²) in [6.45, 7) is 7.24. The monoisotopic (exact) mass is 237 g/mol. The second-order valence-corrected chi connectivity index (χ2v) is 7.71. The molecule has 0 radical (unpaired) electrons. The topological polar surface area (TPSA) is 26.0 Å². The standard InChI is InChI=1S/C16H31N/c1-13-5-7-14(8-6-13)16(17)10-4-9-15(2,3)11-12-16/h13-14H,4-12,17H2,1-3H3. The molecule has 1 atom stereocenters. The van der Waals surface area contributed by atoms with Gasteiger partial charge in [-0.2, -0.15) is 0 Å². The van der Waals surface area contributed by atoms with E-state index >= 15 is 0 Å². The van der Waals surface area contributed by atoms with Gasteiger partial charge in [-0.05, 0) is 55.8 Å². The molecule has 2 N–H and O–H groups in total. The first-order valence-electron chi connectivity index (χ1n) is 7.70. The Hall–Kier alpha value is -0.0400. The van der Waals surface area contributed by atoms with Gasteiger partial charge in [-0.15, -0.1) is 0 Å². The Bertz CT molecular complexity index is 250. The molecular formula is C16H31N. The molecule has 0 heterocycles. The molecule has 2 aliphatic carbocycles. The molecule has 2 aliphatic rings. The maximum absolute atomic E-state index is 6.80. The second kappa shape index (κ2) is 4.91. The van der Waals surface area contributed by atoms with Crippen LogP contribution in [0, 0.1) is 17.3 Å². The minimum atomic E-state index is 0.175. The van der Waals surface area contributed by atoms with Crippen molar-refractivity contribution in [3.63, 3.8) is 0 Å². The van der Waals surface area contributed by atoms with Crippen molar-refractivity contribution >= 4 is 0 Å². The van der Waals surface area contributed by atoms with Crippen molar-refractivity contribution < 1.29 is 0 Å². The summed E-state index contributed by atoms with van der Waals surface area (Å²) in [6.07, 6.45) is 12.2. The van der Waals surface area contributed by atoms with Crippen molar-refractivity contribution in [2.45, 2.75) is 84.1 Å². The largest absolute Gasteiger partial charge is 0.325 e. The average Bonchev–Trinajstić information content (AvgIpc) is 2.40. The van der Waals surface area contributed by atoms with Crippen LogP contribution in [0.5, 0.6) is 0 Å². The van der Waals surface area contributed by atoms with E-state index in [0.717, 1.165) is 11.8 Å². The first kappa shape index (κ1) is 13.4. The Morgan fingerprint density at radius 3 is 2.18 bits per heavy atom. The van der Waals surface area contributed by atoms with Gasteiger partial charge in [0.15, 0.2) is 0 Å². The van der Waals surface area contributed by atoms with Gasteiger partial charge < -0.3 is 5.73 Å². The minimum Gasteiger partial charge on any atom is -0.325 e. The Morgan fingerprint density at radius 2 is 1.53 bits per heavy atom. The highest BCUT2D eigenvalue weighted by atomic mass is 14.8. The highest BCUT2D eigenvalue weighted by Crippen LogP contribution is 2.44. The molecule has 0 saturated heterocycles. The number of hydrogen-bond acceptors (Lipinski definition) is 1. The molecule has 0 bridgehead atoms. The summed E-state index contributed by atoms with van der Waals surface area (Å²) >= 11 is 0. The van der Waals surface area contributed by atoms with Crippen molar-refractivity contribution in [1.82, 2.24) is 0 Å². The fraction of sp³-hybridized carbons (Fsp3) is 1.00. The molecule has 0 aromatic heterocycles. The van der Waals surface area contributed by atoms with E-state index in [4.69, 9.17) is 5.73 Å². The van der Waals surface area contributed by atoms with Crippen LogP contribution < -0.4 is 5.73 Å². The summed E-state index contributed by atoms with van der Waals surface area (Å²) < 4.78 is 0. The van der Waals surface area contributed by atoms with Gasteiger partial charge in [0, 0.05) is 5.54 Å². The van der Waals surface area contributed by atoms with Gasteiger partial charge in [0.05, 0.1) is 0 Å². The molecule has 0 spiro atoms. The van der Waals surface area contributed by atoms with Crippen LogP contribution in [0.25, 0.3) is 0 Å². The van der Waals surface area contributed by atoms with Crippen LogP contribution in [0.4, 0.5) is 0 Å². The first-order valence-corrected chi connectivity index (χ1v) is 7.70. The lowest BCUT2D eigenvalue weighted by molar-refractivity contribution is 0.157. The highest BCUT2D eigenvalue weighted by Gasteiger charge is 2.39. The molecule has 1 heteroatoms. The quantitative estimate of drug-likeness (QED) is 0.668. The van der Waals surface area contributed by atoms with Gasteiger partial charge in [0.1, 0.15) is 0 Å². The van der Waals surface area contributed by atoms with E-state index in [1.807, 2.05) is 0 Å². The molecule has 2 saturated carbocycles. The van der Waals surface area contributed by atoms with E-state index < -0.39 is 0 Å². The Labute approximate surface area is 108 Å². The van der Waals surface area contributed by atoms with E-state index in [0.29, 0.717) is 5.41 Å². The van der Waals surface area contributed by atoms with Gasteiger partial charge in [-0.1, -0.05) is 40.0 Å². The van der Waals surface area contributed by atoms with Gasteiger partial charge in [-0.3, -0.25) is 0 Å². The van der Waals surface area contributed by atoms with Crippen molar-refractivity contribution in [2.75, 3.05) is 0 Å². The number of nitrogens with two attached hydrogens (primary N) is 1. The Balaban J connectivity index is 1.98. The van der Waals surface area contributed by atoms with Gasteiger partial charge >= 0.3 is 0 Å². The van der Waals surface area contributed by atoms with Gasteiger partial charge in [0.2, 0.25) is 0 Å². The van der Waals surface area contributed by atoms with Crippen LogP contribution in [0.15, 0.2) is 0 Å². The molecule has 2 rings (SSSR count). The van der Waals surface area contributed by atoms with Crippen LogP contribution in [0.3, 0.4) is 0 Å². The molecule has 0 aromatic carbocycles. The predicted molar refractivity (Wildman–Crippen MR) is 74.9 cm³/mol. The smallest absolute Gasteiger partial charge is 0.0183 e. The highest BCUT2D eigenvalue weighted by molar-refractivity contribution is 4.96. The molecule has 100 valence electrons. The van der Waals surface area contributed by atoms with E-state index in [1.165, 1.54) is 57.8 Å². The molecule has 1 nitrogen and oxygen atoms in total. The Morgan fingerprint density at radius 1 is 0.882 bits per heavy atom. The number of rotatable bonds is 1. The molecule has 0 amide bonds. The van der Waals surface area contributed by atoms with Crippen molar-refractivity contribution in [3.05, 3.63) is 0 Å². The fourth-order valence-electron chi connectivity index (χ4n) is 3.96. The van der Waals surface area contributed by atoms with Gasteiger partial charge in [0.25, 0.3) is 0 Å². The third kappa shape index (κ3) is 3.24. The van der Waals surface area contributed by atoms with Crippen LogP contribution >= 0.6 is 0 Å². The molecule has 2 fully saturated rings. The van der Waals surface area contributed by atoms with Crippen molar-refractivity contribution in [1.29, 1.82) is 0 Å².